The van der Waals surface area contributed by atoms with Crippen molar-refractivity contribution in [3.05, 3.63) is 35.9 Å². The largest absolute Gasteiger partial charge is 0.396 e. The summed E-state index contributed by atoms with van der Waals surface area (Å²) in [5.74, 6) is 0.556. The van der Waals surface area contributed by atoms with Crippen LogP contribution in [0.2, 0.25) is 0 Å². The summed E-state index contributed by atoms with van der Waals surface area (Å²) in [6.07, 6.45) is 0.631. The van der Waals surface area contributed by atoms with Crippen LogP contribution in [0.5, 0.6) is 0 Å². The first kappa shape index (κ1) is 23.1. The lowest BCUT2D eigenvalue weighted by molar-refractivity contribution is -0.0700. The molecule has 3 atom stereocenters. The molecule has 1 aromatic rings. The molecule has 1 rings (SSSR count). The molecule has 3 unspecified atom stereocenters. The summed E-state index contributed by atoms with van der Waals surface area (Å²) in [6, 6.07) is 10.7. The van der Waals surface area contributed by atoms with E-state index >= 15 is 0 Å². The van der Waals surface area contributed by atoms with Crippen LogP contribution in [0.15, 0.2) is 30.3 Å². The van der Waals surface area contributed by atoms with E-state index in [0.717, 1.165) is 0 Å². The van der Waals surface area contributed by atoms with Crippen molar-refractivity contribution in [2.24, 2.45) is 11.3 Å². The van der Waals surface area contributed by atoms with Crippen molar-refractivity contribution in [2.75, 3.05) is 27.0 Å². The monoisotopic (exact) mass is 365 g/mol. The fraction of sp³-hybridized carbons (Fsp3) is 0.727. The van der Waals surface area contributed by atoms with E-state index in [0.29, 0.717) is 18.9 Å². The van der Waals surface area contributed by atoms with Gasteiger partial charge in [-0.25, -0.2) is 0 Å². The van der Waals surface area contributed by atoms with Crippen LogP contribution in [0.3, 0.4) is 0 Å². The molecular weight excluding hydrogens is 326 g/mol. The van der Waals surface area contributed by atoms with Gasteiger partial charge in [0.2, 0.25) is 0 Å². The van der Waals surface area contributed by atoms with Crippen LogP contribution in [-0.2, 0) is 4.74 Å². The lowest BCUT2D eigenvalue weighted by atomic mass is 9.64. The molecule has 0 aliphatic carbocycles. The van der Waals surface area contributed by atoms with Crippen LogP contribution < -0.4 is 0 Å². The Hall–Kier alpha value is -0.940. The van der Waals surface area contributed by atoms with Gasteiger partial charge >= 0.3 is 0 Å². The Bertz CT molecular complexity index is 515. The maximum atomic E-state index is 9.65. The predicted molar refractivity (Wildman–Crippen MR) is 108 cm³/mol. The maximum Gasteiger partial charge on any atom is 0.0956 e. The van der Waals surface area contributed by atoms with Gasteiger partial charge in [0.15, 0.2) is 0 Å². The number of hydrogen-bond acceptors (Lipinski definition) is 4. The Morgan fingerprint density at radius 3 is 2.12 bits per heavy atom. The summed E-state index contributed by atoms with van der Waals surface area (Å²) in [4.78, 5) is 1.99. The number of likely N-dealkylation sites (N-methyl/N-ethyl adjacent to an activating group) is 1. The van der Waals surface area contributed by atoms with Crippen LogP contribution >= 0.6 is 0 Å². The molecule has 0 radical (unpaired) electrons. The number of benzene rings is 1. The van der Waals surface area contributed by atoms with Gasteiger partial charge in [0, 0.05) is 18.6 Å². The minimum absolute atomic E-state index is 0.0367. The summed E-state index contributed by atoms with van der Waals surface area (Å²) in [6.45, 7) is 13.9. The van der Waals surface area contributed by atoms with Crippen molar-refractivity contribution in [1.82, 2.24) is 4.90 Å². The Morgan fingerprint density at radius 2 is 1.62 bits per heavy atom. The molecule has 2 N–H and O–H groups in total. The third-order valence-electron chi connectivity index (χ3n) is 6.07. The normalized spacial score (nSPS) is 16.5. The van der Waals surface area contributed by atoms with Gasteiger partial charge in [0.1, 0.15) is 0 Å². The van der Waals surface area contributed by atoms with E-state index in [4.69, 9.17) is 4.74 Å². The first-order valence-electron chi connectivity index (χ1n) is 9.67. The summed E-state index contributed by atoms with van der Waals surface area (Å²) in [5.41, 5.74) is 0.917. The molecule has 0 fully saturated rings. The fourth-order valence-corrected chi connectivity index (χ4v) is 3.59. The number of hydrogen-bond donors (Lipinski definition) is 2. The van der Waals surface area contributed by atoms with Crippen LogP contribution in [-0.4, -0.2) is 53.7 Å². The molecular formula is C22H39NO3. The molecule has 0 aromatic heterocycles. The lowest BCUT2D eigenvalue weighted by Crippen LogP contribution is -2.45. The van der Waals surface area contributed by atoms with Crippen LogP contribution in [0, 0.1) is 11.3 Å². The smallest absolute Gasteiger partial charge is 0.0956 e. The molecule has 4 heteroatoms. The first-order valence-corrected chi connectivity index (χ1v) is 9.67. The number of rotatable bonds is 11. The number of aliphatic hydroxyl groups is 2. The molecule has 0 aliphatic heterocycles. The molecule has 0 bridgehead atoms. The van der Waals surface area contributed by atoms with E-state index < -0.39 is 0 Å². The second-order valence-electron chi connectivity index (χ2n) is 8.79. The highest BCUT2D eigenvalue weighted by atomic mass is 16.5. The van der Waals surface area contributed by atoms with Gasteiger partial charge in [0.05, 0.1) is 18.9 Å². The molecule has 4 nitrogen and oxygen atoms in total. The molecule has 0 saturated carbocycles. The minimum atomic E-state index is -0.325. The van der Waals surface area contributed by atoms with Crippen molar-refractivity contribution in [2.45, 2.75) is 65.5 Å². The Labute approximate surface area is 160 Å². The highest BCUT2D eigenvalue weighted by Crippen LogP contribution is 2.45. The van der Waals surface area contributed by atoms with E-state index in [1.54, 1.807) is 0 Å². The van der Waals surface area contributed by atoms with Crippen LogP contribution in [0.4, 0.5) is 0 Å². The quantitative estimate of drug-likeness (QED) is 0.584. The summed E-state index contributed by atoms with van der Waals surface area (Å²) in [7, 11) is 1.96. The predicted octanol–water partition coefficient (Wildman–Crippen LogP) is 3.88. The molecule has 150 valence electrons. The van der Waals surface area contributed by atoms with E-state index in [2.05, 4.69) is 52.0 Å². The van der Waals surface area contributed by atoms with E-state index in [-0.39, 0.29) is 36.3 Å². The van der Waals surface area contributed by atoms with Gasteiger partial charge < -0.3 is 14.9 Å². The third kappa shape index (κ3) is 6.05. The molecule has 1 aromatic carbocycles. The van der Waals surface area contributed by atoms with E-state index in [9.17, 15) is 10.2 Å². The zero-order valence-electron chi connectivity index (χ0n) is 17.7. The van der Waals surface area contributed by atoms with Gasteiger partial charge in [-0.3, -0.25) is 4.90 Å². The highest BCUT2D eigenvalue weighted by molar-refractivity contribution is 5.24. The zero-order valence-corrected chi connectivity index (χ0v) is 17.7. The summed E-state index contributed by atoms with van der Waals surface area (Å²) < 4.78 is 6.15. The average Bonchev–Trinajstić information content (AvgIpc) is 2.59. The summed E-state index contributed by atoms with van der Waals surface area (Å²) in [5, 5.41) is 18.9. The van der Waals surface area contributed by atoms with Crippen molar-refractivity contribution in [3.8, 4) is 0 Å². The molecule has 0 aliphatic rings. The molecule has 0 saturated heterocycles. The molecule has 0 heterocycles. The standard InChI is InChI=1S/C22H39NO3/c1-17(15-26-21(3,4)13-14-24)22(5,6)20(18(2)23(7)16-25)19-11-9-8-10-12-19/h8-12,17-18,20,24-25H,13-16H2,1-7H3. The van der Waals surface area contributed by atoms with Gasteiger partial charge in [-0.2, -0.15) is 0 Å². The van der Waals surface area contributed by atoms with Crippen LogP contribution in [0.25, 0.3) is 0 Å². The van der Waals surface area contributed by atoms with Gasteiger partial charge in [-0.15, -0.1) is 0 Å². The van der Waals surface area contributed by atoms with Crippen molar-refractivity contribution in [1.29, 1.82) is 0 Å². The topological polar surface area (TPSA) is 52.9 Å². The van der Waals surface area contributed by atoms with E-state index in [1.807, 2.05) is 31.9 Å². The molecule has 0 amide bonds. The SMILES string of the molecule is CC(C(c1ccccc1)C(C)(C)C(C)COC(C)(C)CCO)N(C)CO. The molecule has 26 heavy (non-hydrogen) atoms. The van der Waals surface area contributed by atoms with Crippen molar-refractivity contribution < 1.29 is 14.9 Å². The van der Waals surface area contributed by atoms with Gasteiger partial charge in [-0.05, 0) is 51.1 Å². The number of ether oxygens (including phenoxy) is 1. The second kappa shape index (κ2) is 9.84. The Kier molecular flexibility index (Phi) is 8.74. The second-order valence-corrected chi connectivity index (χ2v) is 8.79. The fourth-order valence-electron chi connectivity index (χ4n) is 3.59. The lowest BCUT2D eigenvalue weighted by Gasteiger charge is -2.45. The zero-order chi connectivity index (χ0) is 20.0. The summed E-state index contributed by atoms with van der Waals surface area (Å²) >= 11 is 0. The Morgan fingerprint density at radius 1 is 1.04 bits per heavy atom. The highest BCUT2D eigenvalue weighted by Gasteiger charge is 2.40. The van der Waals surface area contributed by atoms with E-state index in [1.165, 1.54) is 5.56 Å². The average molecular weight is 366 g/mol. The van der Waals surface area contributed by atoms with Crippen molar-refractivity contribution in [3.63, 3.8) is 0 Å². The molecule has 0 spiro atoms. The van der Waals surface area contributed by atoms with Gasteiger partial charge in [-0.1, -0.05) is 51.1 Å². The number of nitrogens with zero attached hydrogens (tertiary/aromatic N) is 1. The van der Waals surface area contributed by atoms with Crippen LogP contribution in [0.1, 0.15) is 59.4 Å². The minimum Gasteiger partial charge on any atom is -0.396 e. The van der Waals surface area contributed by atoms with Gasteiger partial charge in [0.25, 0.3) is 0 Å². The van der Waals surface area contributed by atoms with Crippen molar-refractivity contribution >= 4 is 0 Å². The third-order valence-corrected chi connectivity index (χ3v) is 6.07. The number of aliphatic hydroxyl groups excluding tert-OH is 2. The Balaban J connectivity index is 3.06. The maximum absolute atomic E-state index is 9.65. The first-order chi connectivity index (χ1) is 12.1.